The average Bonchev–Trinajstić information content (AvgIpc) is 2.92. The van der Waals surface area contributed by atoms with Gasteiger partial charge in [-0.25, -0.2) is 4.98 Å². The zero-order valence-electron chi connectivity index (χ0n) is 11.9. The maximum atomic E-state index is 4.07. The molecule has 2 rings (SSSR count). The number of benzene rings is 1. The Kier molecular flexibility index (Phi) is 5.37. The Morgan fingerprint density at radius 1 is 1.22 bits per heavy atom. The number of rotatable bonds is 2. The normalized spacial score (nSPS) is 10.8. The Labute approximate surface area is 110 Å². The fourth-order valence-electron chi connectivity index (χ4n) is 1.90. The number of aromatic nitrogens is 2. The lowest BCUT2D eigenvalue weighted by molar-refractivity contribution is 1.27. The van der Waals surface area contributed by atoms with Gasteiger partial charge in [-0.05, 0) is 37.5 Å². The first-order valence-corrected chi connectivity index (χ1v) is 6.45. The van der Waals surface area contributed by atoms with Gasteiger partial charge in [-0.1, -0.05) is 38.1 Å². The minimum Gasteiger partial charge on any atom is -0.345 e. The molecule has 0 amide bonds. The predicted molar refractivity (Wildman–Crippen MR) is 78.6 cm³/mol. The van der Waals surface area contributed by atoms with Crippen LogP contribution in [0.15, 0.2) is 36.8 Å². The van der Waals surface area contributed by atoms with Crippen LogP contribution in [0.1, 0.15) is 43.2 Å². The van der Waals surface area contributed by atoms with Crippen molar-refractivity contribution in [2.45, 2.75) is 34.6 Å². The van der Waals surface area contributed by atoms with Gasteiger partial charge >= 0.3 is 0 Å². The zero-order valence-corrected chi connectivity index (χ0v) is 11.9. The molecule has 0 aliphatic heterocycles. The highest BCUT2D eigenvalue weighted by molar-refractivity contribution is 5.79. The van der Waals surface area contributed by atoms with Crippen LogP contribution in [0.25, 0.3) is 5.57 Å². The lowest BCUT2D eigenvalue weighted by Crippen LogP contribution is -1.93. The number of hydrogen-bond donors (Lipinski definition) is 1. The minimum atomic E-state index is 1.07. The van der Waals surface area contributed by atoms with E-state index in [1.165, 1.54) is 22.3 Å². The second-order valence-corrected chi connectivity index (χ2v) is 3.92. The Bertz CT molecular complexity index is 508. The molecule has 2 aromatic rings. The molecular formula is C16H22N2. The van der Waals surface area contributed by atoms with Crippen LogP contribution in [0.5, 0.6) is 0 Å². The number of aromatic amines is 1. The van der Waals surface area contributed by atoms with Crippen molar-refractivity contribution in [1.82, 2.24) is 9.97 Å². The van der Waals surface area contributed by atoms with E-state index in [9.17, 15) is 0 Å². The summed E-state index contributed by atoms with van der Waals surface area (Å²) in [6.45, 7) is 10.3. The Morgan fingerprint density at radius 2 is 1.94 bits per heavy atom. The van der Waals surface area contributed by atoms with E-state index in [1.54, 1.807) is 6.33 Å². The van der Waals surface area contributed by atoms with Crippen molar-refractivity contribution in [1.29, 1.82) is 0 Å². The molecule has 0 fully saturated rings. The van der Waals surface area contributed by atoms with Crippen molar-refractivity contribution in [3.8, 4) is 0 Å². The SMILES string of the molecule is C/C=C(\c1cnc[nH]1)c1cccc(C)c1C.CC. The second kappa shape index (κ2) is 6.80. The number of hydrogen-bond acceptors (Lipinski definition) is 1. The zero-order chi connectivity index (χ0) is 13.5. The van der Waals surface area contributed by atoms with E-state index in [-0.39, 0.29) is 0 Å². The summed E-state index contributed by atoms with van der Waals surface area (Å²) in [6, 6.07) is 6.38. The summed E-state index contributed by atoms with van der Waals surface area (Å²) in [5.74, 6) is 0. The first-order chi connectivity index (χ1) is 8.74. The molecule has 0 atom stereocenters. The van der Waals surface area contributed by atoms with Gasteiger partial charge in [0.2, 0.25) is 0 Å². The second-order valence-electron chi connectivity index (χ2n) is 3.92. The first-order valence-electron chi connectivity index (χ1n) is 6.45. The number of nitrogens with zero attached hydrogens (tertiary/aromatic N) is 1. The van der Waals surface area contributed by atoms with Crippen molar-refractivity contribution in [3.63, 3.8) is 0 Å². The molecule has 1 N–H and O–H groups in total. The summed E-state index contributed by atoms with van der Waals surface area (Å²) in [7, 11) is 0. The van der Waals surface area contributed by atoms with Gasteiger partial charge in [0.15, 0.2) is 0 Å². The van der Waals surface area contributed by atoms with Crippen LogP contribution < -0.4 is 0 Å². The molecule has 0 saturated carbocycles. The quantitative estimate of drug-likeness (QED) is 0.825. The summed E-state index contributed by atoms with van der Waals surface area (Å²) in [5.41, 5.74) is 6.18. The third-order valence-electron chi connectivity index (χ3n) is 2.97. The monoisotopic (exact) mass is 242 g/mol. The Hall–Kier alpha value is -1.83. The highest BCUT2D eigenvalue weighted by Gasteiger charge is 2.08. The summed E-state index contributed by atoms with van der Waals surface area (Å²) >= 11 is 0. The molecule has 1 aromatic heterocycles. The third kappa shape index (κ3) is 2.89. The third-order valence-corrected chi connectivity index (χ3v) is 2.97. The van der Waals surface area contributed by atoms with Gasteiger partial charge in [0.05, 0.1) is 18.2 Å². The molecule has 0 saturated heterocycles. The molecule has 2 nitrogen and oxygen atoms in total. The maximum Gasteiger partial charge on any atom is 0.0924 e. The highest BCUT2D eigenvalue weighted by atomic mass is 14.9. The summed E-state index contributed by atoms with van der Waals surface area (Å²) in [5, 5.41) is 0. The molecular weight excluding hydrogens is 220 g/mol. The molecule has 0 unspecified atom stereocenters. The molecule has 18 heavy (non-hydrogen) atoms. The Morgan fingerprint density at radius 3 is 2.50 bits per heavy atom. The first kappa shape index (κ1) is 14.2. The van der Waals surface area contributed by atoms with Crippen molar-refractivity contribution < 1.29 is 0 Å². The fourth-order valence-corrected chi connectivity index (χ4v) is 1.90. The summed E-state index contributed by atoms with van der Waals surface area (Å²) < 4.78 is 0. The smallest absolute Gasteiger partial charge is 0.0924 e. The van der Waals surface area contributed by atoms with Gasteiger partial charge in [-0.15, -0.1) is 0 Å². The van der Waals surface area contributed by atoms with E-state index in [1.807, 2.05) is 20.0 Å². The average molecular weight is 242 g/mol. The van der Waals surface area contributed by atoms with Crippen LogP contribution in [-0.2, 0) is 0 Å². The molecule has 0 spiro atoms. The number of H-pyrrole nitrogens is 1. The minimum absolute atomic E-state index is 1.07. The number of nitrogens with one attached hydrogen (secondary N) is 1. The van der Waals surface area contributed by atoms with Crippen molar-refractivity contribution in [2.75, 3.05) is 0 Å². The molecule has 96 valence electrons. The molecule has 0 aliphatic rings. The van der Waals surface area contributed by atoms with Crippen LogP contribution in [-0.4, -0.2) is 9.97 Å². The van der Waals surface area contributed by atoms with E-state index in [0.29, 0.717) is 0 Å². The number of aryl methyl sites for hydroxylation is 1. The Balaban J connectivity index is 0.000000771. The van der Waals surface area contributed by atoms with E-state index >= 15 is 0 Å². The predicted octanol–water partition coefficient (Wildman–Crippen LogP) is 4.50. The van der Waals surface area contributed by atoms with Crippen molar-refractivity contribution in [2.24, 2.45) is 0 Å². The van der Waals surface area contributed by atoms with E-state index in [0.717, 1.165) is 5.69 Å². The molecule has 0 radical (unpaired) electrons. The summed E-state index contributed by atoms with van der Waals surface area (Å²) in [6.07, 6.45) is 5.69. The molecule has 0 bridgehead atoms. The van der Waals surface area contributed by atoms with Gasteiger partial charge in [-0.3, -0.25) is 0 Å². The van der Waals surface area contributed by atoms with Crippen LogP contribution >= 0.6 is 0 Å². The topological polar surface area (TPSA) is 28.7 Å². The largest absolute Gasteiger partial charge is 0.345 e. The molecule has 0 aliphatic carbocycles. The number of allylic oxidation sites excluding steroid dienone is 1. The standard InChI is InChI=1S/C14H16N2.C2H6/c1-4-12(14-8-15-9-16-14)13-7-5-6-10(2)11(13)3;1-2/h4-9H,1-3H3,(H,15,16);1-2H3/b12-4-;. The van der Waals surface area contributed by atoms with Crippen LogP contribution in [0.4, 0.5) is 0 Å². The maximum absolute atomic E-state index is 4.07. The van der Waals surface area contributed by atoms with E-state index in [4.69, 9.17) is 0 Å². The van der Waals surface area contributed by atoms with Crippen molar-refractivity contribution in [3.05, 3.63) is 59.2 Å². The molecule has 1 aromatic carbocycles. The number of imidazole rings is 1. The van der Waals surface area contributed by atoms with Gasteiger partial charge in [0.25, 0.3) is 0 Å². The van der Waals surface area contributed by atoms with E-state index in [2.05, 4.69) is 55.0 Å². The van der Waals surface area contributed by atoms with Gasteiger partial charge in [0, 0.05) is 5.57 Å². The van der Waals surface area contributed by atoms with Crippen LogP contribution in [0, 0.1) is 13.8 Å². The fraction of sp³-hybridized carbons (Fsp3) is 0.312. The van der Waals surface area contributed by atoms with Gasteiger partial charge < -0.3 is 4.98 Å². The van der Waals surface area contributed by atoms with Crippen LogP contribution in [0.2, 0.25) is 0 Å². The molecule has 1 heterocycles. The molecule has 2 heteroatoms. The van der Waals surface area contributed by atoms with Crippen LogP contribution in [0.3, 0.4) is 0 Å². The lowest BCUT2D eigenvalue weighted by Gasteiger charge is -2.10. The van der Waals surface area contributed by atoms with E-state index < -0.39 is 0 Å². The van der Waals surface area contributed by atoms with Gasteiger partial charge in [0.1, 0.15) is 0 Å². The lowest BCUT2D eigenvalue weighted by atomic mass is 9.95. The highest BCUT2D eigenvalue weighted by Crippen LogP contribution is 2.25. The van der Waals surface area contributed by atoms with Crippen molar-refractivity contribution >= 4 is 5.57 Å². The van der Waals surface area contributed by atoms with Gasteiger partial charge in [-0.2, -0.15) is 0 Å². The summed E-state index contributed by atoms with van der Waals surface area (Å²) in [4.78, 5) is 7.23.